The van der Waals surface area contributed by atoms with Crippen molar-refractivity contribution in [3.8, 4) is 0 Å². The third kappa shape index (κ3) is 5.10. The highest BCUT2D eigenvalue weighted by Gasteiger charge is 2.50. The van der Waals surface area contributed by atoms with Crippen LogP contribution in [0.3, 0.4) is 0 Å². The van der Waals surface area contributed by atoms with Crippen LogP contribution in [0.1, 0.15) is 36.8 Å². The standard InChI is InChI=1S/C17H24N2O2S.C2HF3O2/c1-13-3-2-4-14(11-13)12-18-9-7-17-16(18)8-10-19(17)22(20,21)15-5-6-15;3-2(4,5)1(6)7/h2-4,11,15-17H,5-10,12H2,1H3;(H,6,7)/t16-,17+;/m1./s1. The largest absolute Gasteiger partial charge is 0.490 e. The number of likely N-dealkylation sites (tertiary alicyclic amines) is 1. The molecule has 2 heterocycles. The van der Waals surface area contributed by atoms with Crippen LogP contribution >= 0.6 is 0 Å². The van der Waals surface area contributed by atoms with Gasteiger partial charge in [-0.1, -0.05) is 29.8 Å². The minimum atomic E-state index is -5.08. The second-order valence-electron chi connectivity index (χ2n) is 7.83. The van der Waals surface area contributed by atoms with Gasteiger partial charge in [0.15, 0.2) is 0 Å². The smallest absolute Gasteiger partial charge is 0.475 e. The first kappa shape index (κ1) is 22.0. The van der Waals surface area contributed by atoms with Gasteiger partial charge in [-0.25, -0.2) is 13.2 Å². The van der Waals surface area contributed by atoms with E-state index in [1.165, 1.54) is 11.1 Å². The summed E-state index contributed by atoms with van der Waals surface area (Å²) in [6.07, 6.45) is -1.38. The van der Waals surface area contributed by atoms with Gasteiger partial charge in [-0.2, -0.15) is 17.5 Å². The summed E-state index contributed by atoms with van der Waals surface area (Å²) in [6, 6.07) is 9.27. The number of hydrogen-bond acceptors (Lipinski definition) is 4. The van der Waals surface area contributed by atoms with Gasteiger partial charge in [0, 0.05) is 31.7 Å². The molecule has 0 aromatic heterocycles. The molecule has 1 N–H and O–H groups in total. The van der Waals surface area contributed by atoms with Crippen molar-refractivity contribution >= 4 is 16.0 Å². The lowest BCUT2D eigenvalue weighted by Gasteiger charge is -2.25. The lowest BCUT2D eigenvalue weighted by molar-refractivity contribution is -0.192. The van der Waals surface area contributed by atoms with Gasteiger partial charge >= 0.3 is 12.1 Å². The molecule has 29 heavy (non-hydrogen) atoms. The van der Waals surface area contributed by atoms with E-state index in [9.17, 15) is 21.6 Å². The molecule has 6 nitrogen and oxygen atoms in total. The van der Waals surface area contributed by atoms with Crippen molar-refractivity contribution < 1.29 is 31.5 Å². The van der Waals surface area contributed by atoms with Gasteiger partial charge in [0.25, 0.3) is 0 Å². The Balaban J connectivity index is 0.000000298. The molecule has 0 unspecified atom stereocenters. The fraction of sp³-hybridized carbons (Fsp3) is 0.632. The molecule has 2 saturated heterocycles. The Morgan fingerprint density at radius 1 is 1.14 bits per heavy atom. The SMILES string of the molecule is Cc1cccc(CN2CC[C@H]3[C@H]2CCN3S(=O)(=O)C2CC2)c1.O=C(O)C(F)(F)F. The predicted molar refractivity (Wildman–Crippen MR) is 101 cm³/mol. The first-order valence-electron chi connectivity index (χ1n) is 9.60. The highest BCUT2D eigenvalue weighted by molar-refractivity contribution is 7.90. The van der Waals surface area contributed by atoms with E-state index in [1.807, 2.05) is 4.31 Å². The van der Waals surface area contributed by atoms with Crippen LogP contribution in [-0.4, -0.2) is 65.3 Å². The molecule has 0 amide bonds. The number of hydrogen-bond donors (Lipinski definition) is 1. The summed E-state index contributed by atoms with van der Waals surface area (Å²) in [5.41, 5.74) is 2.63. The fourth-order valence-electron chi connectivity index (χ4n) is 4.15. The third-order valence-corrected chi connectivity index (χ3v) is 8.04. The molecular weight excluding hydrogens is 409 g/mol. The Morgan fingerprint density at radius 2 is 1.76 bits per heavy atom. The maximum absolute atomic E-state index is 12.6. The second-order valence-corrected chi connectivity index (χ2v) is 10.00. The second kappa shape index (κ2) is 8.23. The highest BCUT2D eigenvalue weighted by Crippen LogP contribution is 2.39. The van der Waals surface area contributed by atoms with Gasteiger partial charge < -0.3 is 5.11 Å². The molecule has 162 valence electrons. The molecule has 2 atom stereocenters. The number of nitrogens with zero attached hydrogens (tertiary/aromatic N) is 2. The van der Waals surface area contributed by atoms with Gasteiger partial charge in [-0.15, -0.1) is 0 Å². The van der Waals surface area contributed by atoms with Crippen molar-refractivity contribution in [1.29, 1.82) is 0 Å². The number of benzene rings is 1. The van der Waals surface area contributed by atoms with Gasteiger partial charge in [0.05, 0.1) is 5.25 Å². The molecule has 0 radical (unpaired) electrons. The topological polar surface area (TPSA) is 77.9 Å². The van der Waals surface area contributed by atoms with Crippen LogP contribution in [0, 0.1) is 6.92 Å². The number of carboxylic acid groups (broad SMARTS) is 1. The Bertz CT molecular complexity index is 855. The van der Waals surface area contributed by atoms with E-state index in [0.29, 0.717) is 6.04 Å². The number of alkyl halides is 3. The summed E-state index contributed by atoms with van der Waals surface area (Å²) in [5.74, 6) is -2.76. The number of carbonyl (C=O) groups is 1. The van der Waals surface area contributed by atoms with Crippen molar-refractivity contribution in [1.82, 2.24) is 9.21 Å². The molecule has 1 aromatic carbocycles. The molecule has 4 rings (SSSR count). The van der Waals surface area contributed by atoms with E-state index < -0.39 is 22.2 Å². The van der Waals surface area contributed by atoms with E-state index >= 15 is 0 Å². The predicted octanol–water partition coefficient (Wildman–Crippen LogP) is 2.77. The number of carboxylic acids is 1. The van der Waals surface area contributed by atoms with Crippen molar-refractivity contribution in [2.45, 2.75) is 62.7 Å². The van der Waals surface area contributed by atoms with Crippen molar-refractivity contribution in [2.75, 3.05) is 13.1 Å². The zero-order chi connectivity index (χ0) is 21.4. The Morgan fingerprint density at radius 3 is 2.31 bits per heavy atom. The van der Waals surface area contributed by atoms with Crippen molar-refractivity contribution in [3.63, 3.8) is 0 Å². The van der Waals surface area contributed by atoms with Crippen LogP contribution in [0.15, 0.2) is 24.3 Å². The minimum Gasteiger partial charge on any atom is -0.475 e. The van der Waals surface area contributed by atoms with E-state index in [1.54, 1.807) is 0 Å². The maximum atomic E-state index is 12.6. The molecule has 1 saturated carbocycles. The van der Waals surface area contributed by atoms with Crippen LogP contribution in [0.25, 0.3) is 0 Å². The van der Waals surface area contributed by atoms with Crippen LogP contribution in [-0.2, 0) is 21.4 Å². The number of halogens is 3. The molecule has 3 aliphatic rings. The average Bonchev–Trinajstić information content (AvgIpc) is 3.29. The van der Waals surface area contributed by atoms with Crippen LogP contribution in [0.2, 0.25) is 0 Å². The molecule has 2 aliphatic heterocycles. The Labute approximate surface area is 168 Å². The monoisotopic (exact) mass is 434 g/mol. The van der Waals surface area contributed by atoms with Gasteiger partial charge in [-0.05, 0) is 38.2 Å². The zero-order valence-electron chi connectivity index (χ0n) is 16.1. The van der Waals surface area contributed by atoms with Crippen LogP contribution in [0.5, 0.6) is 0 Å². The number of aliphatic carboxylic acids is 1. The maximum Gasteiger partial charge on any atom is 0.490 e. The first-order valence-corrected chi connectivity index (χ1v) is 11.1. The summed E-state index contributed by atoms with van der Waals surface area (Å²) >= 11 is 0. The van der Waals surface area contributed by atoms with E-state index in [-0.39, 0.29) is 11.3 Å². The van der Waals surface area contributed by atoms with E-state index in [0.717, 1.165) is 45.3 Å². The molecule has 3 fully saturated rings. The molecule has 0 bridgehead atoms. The van der Waals surface area contributed by atoms with Gasteiger partial charge in [-0.3, -0.25) is 4.90 Å². The van der Waals surface area contributed by atoms with Gasteiger partial charge in [0.2, 0.25) is 10.0 Å². The first-order chi connectivity index (χ1) is 13.5. The summed E-state index contributed by atoms with van der Waals surface area (Å²) in [6.45, 7) is 4.80. The Kier molecular flexibility index (Phi) is 6.26. The average molecular weight is 434 g/mol. The third-order valence-electron chi connectivity index (χ3n) is 5.62. The van der Waals surface area contributed by atoms with Crippen LogP contribution < -0.4 is 0 Å². The van der Waals surface area contributed by atoms with Crippen molar-refractivity contribution in [3.05, 3.63) is 35.4 Å². The quantitative estimate of drug-likeness (QED) is 0.789. The molecule has 1 aliphatic carbocycles. The van der Waals surface area contributed by atoms with E-state index in [2.05, 4.69) is 36.1 Å². The minimum absolute atomic E-state index is 0.0722. The summed E-state index contributed by atoms with van der Waals surface area (Å²) in [4.78, 5) is 11.4. The number of rotatable bonds is 4. The molecule has 0 spiro atoms. The molecule has 1 aromatic rings. The highest BCUT2D eigenvalue weighted by atomic mass is 32.2. The number of aryl methyl sites for hydroxylation is 1. The Hall–Kier alpha value is -1.65. The van der Waals surface area contributed by atoms with Crippen LogP contribution in [0.4, 0.5) is 13.2 Å². The number of fused-ring (bicyclic) bond motifs is 1. The lowest BCUT2D eigenvalue weighted by atomic mass is 10.1. The summed E-state index contributed by atoms with van der Waals surface area (Å²) in [5, 5.41) is 7.05. The summed E-state index contributed by atoms with van der Waals surface area (Å²) in [7, 11) is -3.02. The molecule has 10 heteroatoms. The van der Waals surface area contributed by atoms with E-state index in [4.69, 9.17) is 9.90 Å². The zero-order valence-corrected chi connectivity index (χ0v) is 16.9. The van der Waals surface area contributed by atoms with Gasteiger partial charge in [0.1, 0.15) is 0 Å². The normalized spacial score (nSPS) is 25.4. The molecular formula is C19H25F3N2O4S. The lowest BCUT2D eigenvalue weighted by Crippen LogP contribution is -2.41. The number of sulfonamides is 1. The summed E-state index contributed by atoms with van der Waals surface area (Å²) < 4.78 is 58.7. The van der Waals surface area contributed by atoms with Crippen molar-refractivity contribution in [2.24, 2.45) is 0 Å². The fourth-order valence-corrected chi connectivity index (χ4v) is 6.25.